The van der Waals surface area contributed by atoms with Crippen LogP contribution in [0.25, 0.3) is 72.7 Å². The minimum absolute atomic E-state index is 0.684. The van der Waals surface area contributed by atoms with Gasteiger partial charge in [-0.25, -0.2) is 9.97 Å². The molecule has 8 rings (SSSR count). The summed E-state index contributed by atoms with van der Waals surface area (Å²) in [5, 5.41) is 2.54. The molecule has 0 aliphatic rings. The van der Waals surface area contributed by atoms with Gasteiger partial charge < -0.3 is 4.57 Å². The SMILES string of the molecule is c1ccc(-c2nc(-c3ccc(-c4ccc(-n5c6ccccc6c6ccccc65)cc4)cc3)cc(-c3ccccn3)n2)cc1. The molecule has 0 aliphatic heterocycles. The van der Waals surface area contributed by atoms with Gasteiger partial charge in [0.15, 0.2) is 5.82 Å². The highest BCUT2D eigenvalue weighted by atomic mass is 15.0. The van der Waals surface area contributed by atoms with Gasteiger partial charge in [0.25, 0.3) is 0 Å². The second-order valence-electron chi connectivity index (χ2n) is 10.5. The van der Waals surface area contributed by atoms with E-state index in [0.717, 1.165) is 45.0 Å². The summed E-state index contributed by atoms with van der Waals surface area (Å²) in [6, 6.07) is 52.6. The highest BCUT2D eigenvalue weighted by Crippen LogP contribution is 2.33. The van der Waals surface area contributed by atoms with Crippen LogP contribution >= 0.6 is 0 Å². The topological polar surface area (TPSA) is 43.6 Å². The average Bonchev–Trinajstić information content (AvgIpc) is 3.43. The van der Waals surface area contributed by atoms with Crippen LogP contribution in [0.2, 0.25) is 0 Å². The number of hydrogen-bond donors (Lipinski definition) is 0. The van der Waals surface area contributed by atoms with Gasteiger partial charge in [-0.05, 0) is 53.6 Å². The normalized spacial score (nSPS) is 11.3. The molecule has 4 nitrogen and oxygen atoms in total. The first-order valence-corrected chi connectivity index (χ1v) is 14.4. The Morgan fingerprint density at radius 1 is 0.395 bits per heavy atom. The predicted molar refractivity (Wildman–Crippen MR) is 176 cm³/mol. The number of fused-ring (bicyclic) bond motifs is 3. The lowest BCUT2D eigenvalue weighted by molar-refractivity contribution is 1.16. The number of aromatic nitrogens is 4. The minimum atomic E-state index is 0.684. The lowest BCUT2D eigenvalue weighted by atomic mass is 10.0. The smallest absolute Gasteiger partial charge is 0.160 e. The van der Waals surface area contributed by atoms with Crippen molar-refractivity contribution in [3.63, 3.8) is 0 Å². The largest absolute Gasteiger partial charge is 0.309 e. The zero-order valence-corrected chi connectivity index (χ0v) is 23.3. The maximum absolute atomic E-state index is 4.95. The Kier molecular flexibility index (Phi) is 6.08. The van der Waals surface area contributed by atoms with Gasteiger partial charge in [-0.2, -0.15) is 0 Å². The fourth-order valence-electron chi connectivity index (χ4n) is 5.79. The van der Waals surface area contributed by atoms with Crippen LogP contribution in [0.15, 0.2) is 158 Å². The van der Waals surface area contributed by atoms with E-state index >= 15 is 0 Å². The van der Waals surface area contributed by atoms with Crippen LogP contribution in [0, 0.1) is 0 Å². The lowest BCUT2D eigenvalue weighted by Crippen LogP contribution is -1.96. The van der Waals surface area contributed by atoms with E-state index in [-0.39, 0.29) is 0 Å². The molecule has 0 aliphatic carbocycles. The highest BCUT2D eigenvalue weighted by Gasteiger charge is 2.13. The van der Waals surface area contributed by atoms with E-state index in [4.69, 9.17) is 9.97 Å². The molecule has 0 spiro atoms. The summed E-state index contributed by atoms with van der Waals surface area (Å²) >= 11 is 0. The lowest BCUT2D eigenvalue weighted by Gasteiger charge is -2.11. The van der Waals surface area contributed by atoms with Gasteiger partial charge in [0.2, 0.25) is 0 Å². The summed E-state index contributed by atoms with van der Waals surface area (Å²) in [6.07, 6.45) is 1.79. The van der Waals surface area contributed by atoms with E-state index in [0.29, 0.717) is 5.82 Å². The Labute approximate surface area is 249 Å². The summed E-state index contributed by atoms with van der Waals surface area (Å²) < 4.78 is 2.34. The van der Waals surface area contributed by atoms with Crippen LogP contribution in [0.4, 0.5) is 0 Å². The molecule has 0 N–H and O–H groups in total. The Balaban J connectivity index is 1.15. The van der Waals surface area contributed by atoms with Crippen molar-refractivity contribution in [3.8, 4) is 50.8 Å². The van der Waals surface area contributed by atoms with Gasteiger partial charge >= 0.3 is 0 Å². The number of nitrogens with zero attached hydrogens (tertiary/aromatic N) is 4. The Bertz CT molecular complexity index is 2090. The highest BCUT2D eigenvalue weighted by molar-refractivity contribution is 6.09. The van der Waals surface area contributed by atoms with Gasteiger partial charge in [0, 0.05) is 33.8 Å². The van der Waals surface area contributed by atoms with E-state index in [1.807, 2.05) is 54.6 Å². The van der Waals surface area contributed by atoms with Crippen molar-refractivity contribution in [2.24, 2.45) is 0 Å². The third kappa shape index (κ3) is 4.55. The zero-order chi connectivity index (χ0) is 28.6. The summed E-state index contributed by atoms with van der Waals surface area (Å²) in [5.74, 6) is 0.684. The molecule has 0 saturated heterocycles. The van der Waals surface area contributed by atoms with Crippen LogP contribution < -0.4 is 0 Å². The van der Waals surface area contributed by atoms with Crippen LogP contribution in [0.1, 0.15) is 0 Å². The molecule has 3 aromatic heterocycles. The Hall–Kier alpha value is -5.87. The van der Waals surface area contributed by atoms with Crippen molar-refractivity contribution in [1.82, 2.24) is 19.5 Å². The molecule has 3 heterocycles. The summed E-state index contributed by atoms with van der Waals surface area (Å²) in [6.45, 7) is 0. The average molecular weight is 551 g/mol. The van der Waals surface area contributed by atoms with Crippen LogP contribution in [0.3, 0.4) is 0 Å². The van der Waals surface area contributed by atoms with Gasteiger partial charge in [-0.1, -0.05) is 109 Å². The monoisotopic (exact) mass is 550 g/mol. The van der Waals surface area contributed by atoms with E-state index < -0.39 is 0 Å². The molecule has 0 atom stereocenters. The molecular weight excluding hydrogens is 524 g/mol. The van der Waals surface area contributed by atoms with Crippen LogP contribution in [-0.4, -0.2) is 19.5 Å². The maximum Gasteiger partial charge on any atom is 0.160 e. The first-order valence-electron chi connectivity index (χ1n) is 14.4. The molecule has 0 unspecified atom stereocenters. The third-order valence-electron chi connectivity index (χ3n) is 7.91. The molecule has 0 amide bonds. The van der Waals surface area contributed by atoms with Gasteiger partial charge in [-0.15, -0.1) is 0 Å². The van der Waals surface area contributed by atoms with Crippen molar-refractivity contribution in [2.45, 2.75) is 0 Å². The minimum Gasteiger partial charge on any atom is -0.309 e. The van der Waals surface area contributed by atoms with Gasteiger partial charge in [0.1, 0.15) is 0 Å². The fraction of sp³-hybridized carbons (Fsp3) is 0. The van der Waals surface area contributed by atoms with Crippen molar-refractivity contribution in [2.75, 3.05) is 0 Å². The van der Waals surface area contributed by atoms with Crippen LogP contribution in [-0.2, 0) is 0 Å². The molecule has 43 heavy (non-hydrogen) atoms. The number of benzene rings is 5. The molecule has 0 bridgehead atoms. The van der Waals surface area contributed by atoms with Crippen LogP contribution in [0.5, 0.6) is 0 Å². The predicted octanol–water partition coefficient (Wildman–Crippen LogP) is 9.64. The van der Waals surface area contributed by atoms with Gasteiger partial charge in [0.05, 0.1) is 28.1 Å². The Morgan fingerprint density at radius 3 is 1.60 bits per heavy atom. The standard InChI is InChI=1S/C39H26N4/c1-2-10-30(11-3-1)39-41-35(26-36(42-39)34-14-8-9-25-40-34)29-19-17-27(18-20-29)28-21-23-31(24-22-28)43-37-15-6-4-12-32(37)33-13-5-7-16-38(33)43/h1-26H. The quantitative estimate of drug-likeness (QED) is 0.214. The number of pyridine rings is 1. The molecule has 8 aromatic rings. The van der Waals surface area contributed by atoms with E-state index in [1.54, 1.807) is 6.20 Å². The van der Waals surface area contributed by atoms with E-state index in [9.17, 15) is 0 Å². The third-order valence-corrected chi connectivity index (χ3v) is 7.91. The second-order valence-corrected chi connectivity index (χ2v) is 10.5. The van der Waals surface area contributed by atoms with Crippen molar-refractivity contribution in [3.05, 3.63) is 158 Å². The number of para-hydroxylation sites is 2. The summed E-state index contributed by atoms with van der Waals surface area (Å²) in [5.41, 5.74) is 10.4. The van der Waals surface area contributed by atoms with Crippen molar-refractivity contribution >= 4 is 21.8 Å². The first kappa shape index (κ1) is 24.9. The molecule has 5 aromatic carbocycles. The molecule has 0 radical (unpaired) electrons. The Morgan fingerprint density at radius 2 is 0.953 bits per heavy atom. The number of hydrogen-bond acceptors (Lipinski definition) is 3. The molecular formula is C39H26N4. The second kappa shape index (κ2) is 10.5. The van der Waals surface area contributed by atoms with Gasteiger partial charge in [-0.3, -0.25) is 4.98 Å². The molecule has 202 valence electrons. The van der Waals surface area contributed by atoms with E-state index in [1.165, 1.54) is 21.8 Å². The zero-order valence-electron chi connectivity index (χ0n) is 23.3. The summed E-state index contributed by atoms with van der Waals surface area (Å²) in [4.78, 5) is 14.3. The fourth-order valence-corrected chi connectivity index (χ4v) is 5.79. The molecule has 0 fully saturated rings. The van der Waals surface area contributed by atoms with Crippen molar-refractivity contribution in [1.29, 1.82) is 0 Å². The van der Waals surface area contributed by atoms with Crippen molar-refractivity contribution < 1.29 is 0 Å². The van der Waals surface area contributed by atoms with E-state index in [2.05, 4.69) is 107 Å². The maximum atomic E-state index is 4.95. The first-order chi connectivity index (χ1) is 21.3. The molecule has 4 heteroatoms. The summed E-state index contributed by atoms with van der Waals surface area (Å²) in [7, 11) is 0. The number of rotatable bonds is 5. The molecule has 0 saturated carbocycles.